The number of fused-ring (bicyclic) bond motifs is 1. The van der Waals surface area contributed by atoms with E-state index in [2.05, 4.69) is 6.92 Å². The van der Waals surface area contributed by atoms with Gasteiger partial charge in [-0.15, -0.1) is 0 Å². The van der Waals surface area contributed by atoms with Crippen molar-refractivity contribution in [2.24, 2.45) is 5.92 Å². The molecule has 1 aliphatic rings. The minimum absolute atomic E-state index is 0.133. The number of esters is 1. The molecule has 2 aromatic rings. The van der Waals surface area contributed by atoms with Crippen LogP contribution in [0, 0.1) is 5.92 Å². The van der Waals surface area contributed by atoms with E-state index in [0.29, 0.717) is 25.0 Å². The Morgan fingerprint density at radius 2 is 1.92 bits per heavy atom. The number of benzene rings is 2. The monoisotopic (exact) mass is 352 g/mol. The lowest BCUT2D eigenvalue weighted by Gasteiger charge is -2.25. The number of hydrogen-bond acceptors (Lipinski definition) is 4. The van der Waals surface area contributed by atoms with E-state index in [9.17, 15) is 9.59 Å². The molecule has 0 N–H and O–H groups in total. The summed E-state index contributed by atoms with van der Waals surface area (Å²) in [5, 5.41) is 0. The van der Waals surface area contributed by atoms with Gasteiger partial charge in [-0.3, -0.25) is 9.59 Å². The van der Waals surface area contributed by atoms with Crippen LogP contribution in [-0.4, -0.2) is 18.9 Å². The van der Waals surface area contributed by atoms with Crippen molar-refractivity contribution in [1.82, 2.24) is 0 Å². The van der Waals surface area contributed by atoms with Crippen molar-refractivity contribution in [2.45, 2.75) is 39.2 Å². The first kappa shape index (κ1) is 18.2. The summed E-state index contributed by atoms with van der Waals surface area (Å²) in [7, 11) is 1.33. The summed E-state index contributed by atoms with van der Waals surface area (Å²) >= 11 is 0. The minimum atomic E-state index is -0.701. The number of ether oxygens (including phenoxy) is 2. The lowest BCUT2D eigenvalue weighted by atomic mass is 9.79. The van der Waals surface area contributed by atoms with Gasteiger partial charge in [0.05, 0.1) is 7.11 Å². The summed E-state index contributed by atoms with van der Waals surface area (Å²) in [4.78, 5) is 25.0. The zero-order chi connectivity index (χ0) is 18.5. The van der Waals surface area contributed by atoms with Gasteiger partial charge in [0.25, 0.3) is 0 Å². The fourth-order valence-electron chi connectivity index (χ4n) is 3.53. The molecule has 0 bridgehead atoms. The zero-order valence-corrected chi connectivity index (χ0v) is 15.3. The molecule has 1 aliphatic carbocycles. The first-order valence-electron chi connectivity index (χ1n) is 9.09. The summed E-state index contributed by atoms with van der Waals surface area (Å²) in [5.74, 6) is -0.550. The van der Waals surface area contributed by atoms with Crippen molar-refractivity contribution < 1.29 is 19.1 Å². The van der Waals surface area contributed by atoms with Crippen molar-refractivity contribution in [3.63, 3.8) is 0 Å². The van der Waals surface area contributed by atoms with Crippen molar-refractivity contribution >= 4 is 11.8 Å². The number of aryl methyl sites for hydroxylation is 1. The van der Waals surface area contributed by atoms with Crippen LogP contribution in [0.25, 0.3) is 0 Å². The smallest absolute Gasteiger partial charge is 0.316 e. The summed E-state index contributed by atoms with van der Waals surface area (Å²) in [6.45, 7) is 2.52. The standard InChI is InChI=1S/C22H24O4/c1-3-7-17-19(26-14-15-8-5-4-6-9-15)13-11-16-10-12-18(22(24)25-2)21(23)20(16)17/h4-6,8-9,11,13,18H,3,7,10,12,14H2,1-2H3. The van der Waals surface area contributed by atoms with Gasteiger partial charge < -0.3 is 9.47 Å². The maximum atomic E-state index is 13.0. The third-order valence-electron chi connectivity index (χ3n) is 4.84. The molecule has 136 valence electrons. The van der Waals surface area contributed by atoms with Crippen molar-refractivity contribution in [3.8, 4) is 5.75 Å². The van der Waals surface area contributed by atoms with E-state index in [4.69, 9.17) is 9.47 Å². The highest BCUT2D eigenvalue weighted by atomic mass is 16.5. The van der Waals surface area contributed by atoms with Gasteiger partial charge in [-0.25, -0.2) is 0 Å². The molecule has 0 fully saturated rings. The van der Waals surface area contributed by atoms with Gasteiger partial charge in [0.15, 0.2) is 5.78 Å². The summed E-state index contributed by atoms with van der Waals surface area (Å²) in [6.07, 6.45) is 2.85. The Morgan fingerprint density at radius 3 is 2.62 bits per heavy atom. The Morgan fingerprint density at radius 1 is 1.15 bits per heavy atom. The fourth-order valence-corrected chi connectivity index (χ4v) is 3.53. The highest BCUT2D eigenvalue weighted by Crippen LogP contribution is 2.35. The van der Waals surface area contributed by atoms with Gasteiger partial charge in [0.2, 0.25) is 0 Å². The third-order valence-corrected chi connectivity index (χ3v) is 4.84. The van der Waals surface area contributed by atoms with E-state index in [1.807, 2.05) is 42.5 Å². The number of rotatable bonds is 6. The molecule has 0 amide bonds. The van der Waals surface area contributed by atoms with E-state index in [0.717, 1.165) is 35.3 Å². The summed E-state index contributed by atoms with van der Waals surface area (Å²) in [5.41, 5.74) is 3.66. The van der Waals surface area contributed by atoms with Crippen LogP contribution in [0.3, 0.4) is 0 Å². The van der Waals surface area contributed by atoms with Gasteiger partial charge in [0.1, 0.15) is 18.3 Å². The second kappa shape index (κ2) is 8.17. The second-order valence-corrected chi connectivity index (χ2v) is 6.58. The van der Waals surface area contributed by atoms with Gasteiger partial charge in [-0.2, -0.15) is 0 Å². The van der Waals surface area contributed by atoms with Crippen LogP contribution < -0.4 is 4.74 Å². The number of methoxy groups -OCH3 is 1. The van der Waals surface area contributed by atoms with E-state index < -0.39 is 11.9 Å². The predicted octanol–water partition coefficient (Wildman–Crippen LogP) is 4.14. The van der Waals surface area contributed by atoms with Gasteiger partial charge >= 0.3 is 5.97 Å². The van der Waals surface area contributed by atoms with Gasteiger partial charge in [-0.05, 0) is 36.5 Å². The average molecular weight is 352 g/mol. The van der Waals surface area contributed by atoms with Crippen LogP contribution in [0.15, 0.2) is 42.5 Å². The Labute approximate surface area is 154 Å². The zero-order valence-electron chi connectivity index (χ0n) is 15.3. The molecule has 0 spiro atoms. The Kier molecular flexibility index (Phi) is 5.71. The Bertz CT molecular complexity index is 795. The number of carbonyl (C=O) groups is 2. The van der Waals surface area contributed by atoms with Crippen molar-refractivity contribution in [1.29, 1.82) is 0 Å². The van der Waals surface area contributed by atoms with Gasteiger partial charge in [0, 0.05) is 11.1 Å². The average Bonchev–Trinajstić information content (AvgIpc) is 2.68. The molecule has 0 aromatic heterocycles. The predicted molar refractivity (Wildman–Crippen MR) is 99.4 cm³/mol. The number of hydrogen-bond donors (Lipinski definition) is 0. The lowest BCUT2D eigenvalue weighted by molar-refractivity contribution is -0.143. The normalized spacial score (nSPS) is 16.1. The first-order chi connectivity index (χ1) is 12.7. The van der Waals surface area contributed by atoms with Crippen LogP contribution in [-0.2, 0) is 29.0 Å². The van der Waals surface area contributed by atoms with Crippen LogP contribution in [0.4, 0.5) is 0 Å². The van der Waals surface area contributed by atoms with E-state index in [1.165, 1.54) is 7.11 Å². The van der Waals surface area contributed by atoms with Crippen molar-refractivity contribution in [2.75, 3.05) is 7.11 Å². The van der Waals surface area contributed by atoms with Crippen LogP contribution in [0.1, 0.15) is 46.8 Å². The molecule has 4 heteroatoms. The third kappa shape index (κ3) is 3.64. The van der Waals surface area contributed by atoms with E-state index in [-0.39, 0.29) is 5.78 Å². The largest absolute Gasteiger partial charge is 0.489 e. The van der Waals surface area contributed by atoms with Crippen molar-refractivity contribution in [3.05, 3.63) is 64.7 Å². The lowest BCUT2D eigenvalue weighted by Crippen LogP contribution is -2.31. The molecule has 1 unspecified atom stereocenters. The molecule has 0 radical (unpaired) electrons. The van der Waals surface area contributed by atoms with Gasteiger partial charge in [-0.1, -0.05) is 49.7 Å². The molecular formula is C22H24O4. The number of Topliss-reactive ketones (excluding diaryl/α,β-unsaturated/α-hetero) is 1. The van der Waals surface area contributed by atoms with Crippen LogP contribution in [0.5, 0.6) is 5.75 Å². The highest BCUT2D eigenvalue weighted by Gasteiger charge is 2.35. The van der Waals surface area contributed by atoms with E-state index in [1.54, 1.807) is 0 Å². The van der Waals surface area contributed by atoms with Crippen LogP contribution in [0.2, 0.25) is 0 Å². The molecule has 1 atom stereocenters. The maximum absolute atomic E-state index is 13.0. The second-order valence-electron chi connectivity index (χ2n) is 6.58. The van der Waals surface area contributed by atoms with Crippen LogP contribution >= 0.6 is 0 Å². The minimum Gasteiger partial charge on any atom is -0.489 e. The molecule has 3 rings (SSSR count). The molecule has 26 heavy (non-hydrogen) atoms. The molecule has 0 saturated heterocycles. The SMILES string of the molecule is CCCc1c(OCc2ccccc2)ccc2c1C(=O)C(C(=O)OC)CC2. The highest BCUT2D eigenvalue weighted by molar-refractivity contribution is 6.11. The van der Waals surface area contributed by atoms with E-state index >= 15 is 0 Å². The summed E-state index contributed by atoms with van der Waals surface area (Å²) < 4.78 is 10.9. The Hall–Kier alpha value is -2.62. The topological polar surface area (TPSA) is 52.6 Å². The number of ketones is 1. The molecule has 0 saturated carbocycles. The first-order valence-corrected chi connectivity index (χ1v) is 9.09. The molecule has 4 nitrogen and oxygen atoms in total. The molecule has 0 aliphatic heterocycles. The number of carbonyl (C=O) groups excluding carboxylic acids is 2. The molecule has 2 aromatic carbocycles. The quantitative estimate of drug-likeness (QED) is 0.579. The molecular weight excluding hydrogens is 328 g/mol. The fraction of sp³-hybridized carbons (Fsp3) is 0.364. The molecule has 0 heterocycles. The maximum Gasteiger partial charge on any atom is 0.316 e. The summed E-state index contributed by atoms with van der Waals surface area (Å²) in [6, 6.07) is 13.9. The Balaban J connectivity index is 1.93.